The quantitative estimate of drug-likeness (QED) is 0.908. The van der Waals surface area contributed by atoms with E-state index in [9.17, 15) is 0 Å². The maximum absolute atomic E-state index is 8.80. The molecule has 0 atom stereocenters. The van der Waals surface area contributed by atoms with Gasteiger partial charge in [-0.2, -0.15) is 5.26 Å². The van der Waals surface area contributed by atoms with E-state index in [0.717, 1.165) is 23.9 Å². The average Bonchev–Trinajstić information content (AvgIpc) is 2.47. The Kier molecular flexibility index (Phi) is 3.99. The first-order valence-electron chi connectivity index (χ1n) is 6.19. The number of rotatable bonds is 4. The van der Waals surface area contributed by atoms with Crippen LogP contribution in [0.3, 0.4) is 0 Å². The molecule has 0 aliphatic carbocycles. The fourth-order valence-electron chi connectivity index (χ4n) is 1.78. The first-order chi connectivity index (χ1) is 9.24. The van der Waals surface area contributed by atoms with E-state index in [1.54, 1.807) is 12.1 Å². The summed E-state index contributed by atoms with van der Waals surface area (Å²) in [6.07, 6.45) is 0. The van der Waals surface area contributed by atoms with Gasteiger partial charge in [0.2, 0.25) is 0 Å². The maximum atomic E-state index is 8.80. The molecule has 96 valence electrons. The molecule has 1 N–H and O–H groups in total. The second-order valence-corrected chi connectivity index (χ2v) is 4.13. The van der Waals surface area contributed by atoms with Crippen LogP contribution in [0.1, 0.15) is 12.5 Å². The maximum Gasteiger partial charge on any atom is 0.135 e. The first kappa shape index (κ1) is 12.9. The molecule has 0 aliphatic heterocycles. The van der Waals surface area contributed by atoms with Crippen LogP contribution in [-0.2, 0) is 0 Å². The predicted octanol–water partition coefficient (Wildman–Crippen LogP) is 3.15. The molecule has 2 rings (SSSR count). The lowest BCUT2D eigenvalue weighted by atomic mass is 10.2. The SMILES string of the molecule is CCNc1cccc(N(C)c2ccc(C#N)cc2)n1. The number of nitriles is 1. The monoisotopic (exact) mass is 252 g/mol. The number of pyridine rings is 1. The highest BCUT2D eigenvalue weighted by atomic mass is 15.2. The molecule has 0 aliphatic rings. The summed E-state index contributed by atoms with van der Waals surface area (Å²) in [6.45, 7) is 2.88. The lowest BCUT2D eigenvalue weighted by Gasteiger charge is -2.19. The van der Waals surface area contributed by atoms with E-state index in [4.69, 9.17) is 5.26 Å². The molecule has 0 radical (unpaired) electrons. The smallest absolute Gasteiger partial charge is 0.135 e. The van der Waals surface area contributed by atoms with Crippen molar-refractivity contribution in [3.63, 3.8) is 0 Å². The minimum absolute atomic E-state index is 0.659. The molecule has 1 aromatic carbocycles. The minimum Gasteiger partial charge on any atom is -0.370 e. The molecule has 0 amide bonds. The van der Waals surface area contributed by atoms with E-state index in [0.29, 0.717) is 5.56 Å². The lowest BCUT2D eigenvalue weighted by Crippen LogP contribution is -2.12. The van der Waals surface area contributed by atoms with Crippen molar-refractivity contribution < 1.29 is 0 Å². The first-order valence-corrected chi connectivity index (χ1v) is 6.19. The molecule has 1 heterocycles. The van der Waals surface area contributed by atoms with E-state index in [1.165, 1.54) is 0 Å². The van der Waals surface area contributed by atoms with Gasteiger partial charge in [0.15, 0.2) is 0 Å². The van der Waals surface area contributed by atoms with Crippen molar-refractivity contribution in [1.82, 2.24) is 4.98 Å². The van der Waals surface area contributed by atoms with Crippen molar-refractivity contribution in [2.45, 2.75) is 6.92 Å². The number of benzene rings is 1. The van der Waals surface area contributed by atoms with Gasteiger partial charge in [0.25, 0.3) is 0 Å². The second kappa shape index (κ2) is 5.87. The zero-order valence-electron chi connectivity index (χ0n) is 11.1. The highest BCUT2D eigenvalue weighted by molar-refractivity contribution is 5.61. The summed E-state index contributed by atoms with van der Waals surface area (Å²) in [5, 5.41) is 12.0. The molecule has 0 spiro atoms. The fourth-order valence-corrected chi connectivity index (χ4v) is 1.78. The Bertz CT molecular complexity index is 584. The van der Waals surface area contributed by atoms with E-state index in [1.807, 2.05) is 49.2 Å². The third kappa shape index (κ3) is 3.02. The van der Waals surface area contributed by atoms with Gasteiger partial charge >= 0.3 is 0 Å². The van der Waals surface area contributed by atoms with Crippen LogP contribution in [0.5, 0.6) is 0 Å². The van der Waals surface area contributed by atoms with Crippen molar-refractivity contribution in [3.05, 3.63) is 48.0 Å². The van der Waals surface area contributed by atoms with Gasteiger partial charge in [-0.15, -0.1) is 0 Å². The topological polar surface area (TPSA) is 52.0 Å². The second-order valence-electron chi connectivity index (χ2n) is 4.13. The summed E-state index contributed by atoms with van der Waals surface area (Å²) in [6, 6.07) is 15.4. The zero-order valence-corrected chi connectivity index (χ0v) is 11.1. The number of nitrogens with one attached hydrogen (secondary N) is 1. The van der Waals surface area contributed by atoms with Gasteiger partial charge in [0, 0.05) is 19.3 Å². The van der Waals surface area contributed by atoms with Crippen LogP contribution in [0.25, 0.3) is 0 Å². The van der Waals surface area contributed by atoms with E-state index in [2.05, 4.69) is 16.4 Å². The Morgan fingerprint density at radius 1 is 1.21 bits per heavy atom. The Hall–Kier alpha value is -2.54. The third-order valence-corrected chi connectivity index (χ3v) is 2.82. The molecule has 0 saturated carbocycles. The largest absolute Gasteiger partial charge is 0.370 e. The Labute approximate surface area is 113 Å². The third-order valence-electron chi connectivity index (χ3n) is 2.82. The molecular formula is C15H16N4. The highest BCUT2D eigenvalue weighted by Crippen LogP contribution is 2.22. The van der Waals surface area contributed by atoms with E-state index < -0.39 is 0 Å². The van der Waals surface area contributed by atoms with Gasteiger partial charge < -0.3 is 10.2 Å². The predicted molar refractivity (Wildman–Crippen MR) is 77.6 cm³/mol. The van der Waals surface area contributed by atoms with Gasteiger partial charge in [0.05, 0.1) is 11.6 Å². The Morgan fingerprint density at radius 2 is 1.95 bits per heavy atom. The number of aromatic nitrogens is 1. The Balaban J connectivity index is 2.25. The van der Waals surface area contributed by atoms with Gasteiger partial charge in [-0.25, -0.2) is 4.98 Å². The zero-order chi connectivity index (χ0) is 13.7. The van der Waals surface area contributed by atoms with Crippen LogP contribution in [0.15, 0.2) is 42.5 Å². The number of anilines is 3. The summed E-state index contributed by atoms with van der Waals surface area (Å²) in [7, 11) is 1.96. The summed E-state index contributed by atoms with van der Waals surface area (Å²) in [5.41, 5.74) is 1.66. The number of nitrogens with zero attached hydrogens (tertiary/aromatic N) is 3. The van der Waals surface area contributed by atoms with Crippen LogP contribution >= 0.6 is 0 Å². The van der Waals surface area contributed by atoms with Crippen molar-refractivity contribution >= 4 is 17.3 Å². The summed E-state index contributed by atoms with van der Waals surface area (Å²) in [4.78, 5) is 6.52. The van der Waals surface area contributed by atoms with Crippen molar-refractivity contribution in [2.75, 3.05) is 23.8 Å². The lowest BCUT2D eigenvalue weighted by molar-refractivity contribution is 1.10. The summed E-state index contributed by atoms with van der Waals surface area (Å²) in [5.74, 6) is 1.73. The molecule has 4 heteroatoms. The van der Waals surface area contributed by atoms with Crippen molar-refractivity contribution in [2.24, 2.45) is 0 Å². The van der Waals surface area contributed by atoms with Crippen LogP contribution in [0.4, 0.5) is 17.3 Å². The Morgan fingerprint density at radius 3 is 2.58 bits per heavy atom. The van der Waals surface area contributed by atoms with E-state index >= 15 is 0 Å². The van der Waals surface area contributed by atoms with Gasteiger partial charge in [-0.05, 0) is 43.3 Å². The normalized spacial score (nSPS) is 9.74. The van der Waals surface area contributed by atoms with Crippen LogP contribution in [0, 0.1) is 11.3 Å². The molecule has 19 heavy (non-hydrogen) atoms. The average molecular weight is 252 g/mol. The standard InChI is InChI=1S/C15H16N4/c1-3-17-14-5-4-6-15(18-14)19(2)13-9-7-12(11-16)8-10-13/h4-10H,3H2,1-2H3,(H,17,18). The molecule has 1 aromatic heterocycles. The van der Waals surface area contributed by atoms with Crippen LogP contribution in [0.2, 0.25) is 0 Å². The molecule has 0 saturated heterocycles. The van der Waals surface area contributed by atoms with Gasteiger partial charge in [0.1, 0.15) is 11.6 Å². The molecular weight excluding hydrogens is 236 g/mol. The number of hydrogen-bond acceptors (Lipinski definition) is 4. The number of hydrogen-bond donors (Lipinski definition) is 1. The molecule has 0 unspecified atom stereocenters. The molecule has 0 fully saturated rings. The molecule has 0 bridgehead atoms. The van der Waals surface area contributed by atoms with Crippen LogP contribution < -0.4 is 10.2 Å². The highest BCUT2D eigenvalue weighted by Gasteiger charge is 2.06. The van der Waals surface area contributed by atoms with E-state index in [-0.39, 0.29) is 0 Å². The fraction of sp³-hybridized carbons (Fsp3) is 0.200. The van der Waals surface area contributed by atoms with Gasteiger partial charge in [-0.1, -0.05) is 6.07 Å². The van der Waals surface area contributed by atoms with Crippen molar-refractivity contribution in [3.8, 4) is 6.07 Å². The van der Waals surface area contributed by atoms with Crippen LogP contribution in [-0.4, -0.2) is 18.6 Å². The summed E-state index contributed by atoms with van der Waals surface area (Å²) < 4.78 is 0. The minimum atomic E-state index is 0.659. The molecule has 4 nitrogen and oxygen atoms in total. The van der Waals surface area contributed by atoms with Gasteiger partial charge in [-0.3, -0.25) is 0 Å². The molecule has 2 aromatic rings. The van der Waals surface area contributed by atoms with Crippen molar-refractivity contribution in [1.29, 1.82) is 5.26 Å². The summed E-state index contributed by atoms with van der Waals surface area (Å²) >= 11 is 0.